The molecule has 3 N–H and O–H groups in total. The first-order chi connectivity index (χ1) is 6.70. The summed E-state index contributed by atoms with van der Waals surface area (Å²) in [5.74, 6) is 0.118. The molecule has 1 rings (SSSR count). The average molecular weight is 199 g/mol. The van der Waals surface area contributed by atoms with E-state index in [9.17, 15) is 4.79 Å². The molecule has 4 heteroatoms. The summed E-state index contributed by atoms with van der Waals surface area (Å²) in [6.07, 6.45) is 2.28. The first-order valence-electron chi connectivity index (χ1n) is 5.44. The van der Waals surface area contributed by atoms with E-state index in [0.29, 0.717) is 19.1 Å². The molecule has 0 spiro atoms. The number of nitrogens with one attached hydrogen (secondary N) is 1. The van der Waals surface area contributed by atoms with E-state index in [2.05, 4.69) is 10.2 Å². The van der Waals surface area contributed by atoms with Crippen molar-refractivity contribution < 1.29 is 4.79 Å². The lowest BCUT2D eigenvalue weighted by Crippen LogP contribution is -2.49. The first-order valence-corrected chi connectivity index (χ1v) is 5.44. The van der Waals surface area contributed by atoms with Gasteiger partial charge in [0.25, 0.3) is 0 Å². The maximum atomic E-state index is 11.6. The second kappa shape index (κ2) is 5.32. The van der Waals surface area contributed by atoms with Crippen molar-refractivity contribution >= 4 is 5.91 Å². The summed E-state index contributed by atoms with van der Waals surface area (Å²) in [7, 11) is 0. The van der Waals surface area contributed by atoms with Crippen LogP contribution in [0.5, 0.6) is 0 Å². The average Bonchev–Trinajstić information content (AvgIpc) is 2.64. The number of likely N-dealkylation sites (N-methyl/N-ethyl adjacent to an activating group) is 1. The van der Waals surface area contributed by atoms with Gasteiger partial charge in [-0.3, -0.25) is 9.69 Å². The molecule has 0 aromatic heterocycles. The molecule has 0 aliphatic carbocycles. The van der Waals surface area contributed by atoms with Gasteiger partial charge in [0.05, 0.1) is 6.04 Å². The van der Waals surface area contributed by atoms with Crippen LogP contribution in [-0.2, 0) is 4.79 Å². The fourth-order valence-electron chi connectivity index (χ4n) is 2.09. The third-order valence-corrected chi connectivity index (χ3v) is 2.92. The molecule has 1 fully saturated rings. The number of nitrogens with zero attached hydrogens (tertiary/aromatic N) is 1. The Morgan fingerprint density at radius 1 is 1.71 bits per heavy atom. The molecule has 1 saturated heterocycles. The number of rotatable bonds is 4. The summed E-state index contributed by atoms with van der Waals surface area (Å²) < 4.78 is 0. The highest BCUT2D eigenvalue weighted by Crippen LogP contribution is 2.18. The molecule has 82 valence electrons. The number of hydrogen-bond donors (Lipinski definition) is 2. The third kappa shape index (κ3) is 2.45. The molecule has 4 nitrogen and oxygen atoms in total. The molecule has 0 bridgehead atoms. The number of hydrogen-bond acceptors (Lipinski definition) is 3. The molecular formula is C10H21N3O. The van der Waals surface area contributed by atoms with Gasteiger partial charge in [0.15, 0.2) is 0 Å². The van der Waals surface area contributed by atoms with E-state index < -0.39 is 0 Å². The Bertz CT molecular complexity index is 196. The maximum absolute atomic E-state index is 11.6. The van der Waals surface area contributed by atoms with Crippen molar-refractivity contribution in [3.05, 3.63) is 0 Å². The van der Waals surface area contributed by atoms with Crippen LogP contribution in [0.4, 0.5) is 0 Å². The SMILES string of the molecule is CCNC(=O)C(C)N1CCCC1CN. The molecule has 1 aliphatic rings. The largest absolute Gasteiger partial charge is 0.355 e. The molecule has 0 radical (unpaired) electrons. The monoisotopic (exact) mass is 199 g/mol. The van der Waals surface area contributed by atoms with Gasteiger partial charge in [-0.05, 0) is 33.2 Å². The minimum Gasteiger partial charge on any atom is -0.355 e. The summed E-state index contributed by atoms with van der Waals surface area (Å²) in [5, 5.41) is 2.85. The number of likely N-dealkylation sites (tertiary alicyclic amines) is 1. The van der Waals surface area contributed by atoms with E-state index >= 15 is 0 Å². The minimum atomic E-state index is -0.0361. The summed E-state index contributed by atoms with van der Waals surface area (Å²) >= 11 is 0. The van der Waals surface area contributed by atoms with Crippen LogP contribution in [0.3, 0.4) is 0 Å². The van der Waals surface area contributed by atoms with Crippen LogP contribution in [0.25, 0.3) is 0 Å². The van der Waals surface area contributed by atoms with Crippen molar-refractivity contribution in [3.8, 4) is 0 Å². The molecule has 0 aromatic carbocycles. The number of carbonyl (C=O) groups is 1. The highest BCUT2D eigenvalue weighted by Gasteiger charge is 2.30. The molecule has 0 saturated carbocycles. The van der Waals surface area contributed by atoms with Gasteiger partial charge in [-0.25, -0.2) is 0 Å². The zero-order valence-electron chi connectivity index (χ0n) is 9.12. The van der Waals surface area contributed by atoms with Crippen LogP contribution < -0.4 is 11.1 Å². The molecule has 2 atom stereocenters. The fraction of sp³-hybridized carbons (Fsp3) is 0.900. The second-order valence-corrected chi connectivity index (χ2v) is 3.84. The Kier molecular flexibility index (Phi) is 4.35. The van der Waals surface area contributed by atoms with Crippen LogP contribution >= 0.6 is 0 Å². The summed E-state index contributed by atoms with van der Waals surface area (Å²) in [5.41, 5.74) is 5.66. The maximum Gasteiger partial charge on any atom is 0.237 e. The summed E-state index contributed by atoms with van der Waals surface area (Å²) in [6.45, 7) is 6.25. The molecule has 1 aliphatic heterocycles. The standard InChI is InChI=1S/C10H21N3O/c1-3-12-10(14)8(2)13-6-4-5-9(13)7-11/h8-9H,3-7,11H2,1-2H3,(H,12,14). The van der Waals surface area contributed by atoms with E-state index in [-0.39, 0.29) is 11.9 Å². The molecular weight excluding hydrogens is 178 g/mol. The van der Waals surface area contributed by atoms with E-state index in [4.69, 9.17) is 5.73 Å². The lowest BCUT2D eigenvalue weighted by Gasteiger charge is -2.28. The van der Waals surface area contributed by atoms with Gasteiger partial charge in [0, 0.05) is 19.1 Å². The Morgan fingerprint density at radius 3 is 3.00 bits per heavy atom. The van der Waals surface area contributed by atoms with Crippen molar-refractivity contribution in [2.24, 2.45) is 5.73 Å². The fourth-order valence-corrected chi connectivity index (χ4v) is 2.09. The Hall–Kier alpha value is -0.610. The zero-order chi connectivity index (χ0) is 10.6. The number of amides is 1. The predicted molar refractivity (Wildman–Crippen MR) is 56.9 cm³/mol. The topological polar surface area (TPSA) is 58.4 Å². The van der Waals surface area contributed by atoms with Crippen LogP contribution in [0, 0.1) is 0 Å². The quantitative estimate of drug-likeness (QED) is 0.666. The smallest absolute Gasteiger partial charge is 0.237 e. The van der Waals surface area contributed by atoms with Gasteiger partial charge in [0.2, 0.25) is 5.91 Å². The van der Waals surface area contributed by atoms with E-state index in [0.717, 1.165) is 19.4 Å². The third-order valence-electron chi connectivity index (χ3n) is 2.92. The lowest BCUT2D eigenvalue weighted by molar-refractivity contribution is -0.126. The van der Waals surface area contributed by atoms with E-state index in [1.165, 1.54) is 0 Å². The van der Waals surface area contributed by atoms with Crippen molar-refractivity contribution in [2.75, 3.05) is 19.6 Å². The van der Waals surface area contributed by atoms with Gasteiger partial charge in [-0.15, -0.1) is 0 Å². The van der Waals surface area contributed by atoms with Crippen LogP contribution in [0.1, 0.15) is 26.7 Å². The highest BCUT2D eigenvalue weighted by molar-refractivity contribution is 5.81. The normalized spacial score (nSPS) is 24.9. The van der Waals surface area contributed by atoms with Crippen molar-refractivity contribution in [1.82, 2.24) is 10.2 Å². The van der Waals surface area contributed by atoms with E-state index in [1.54, 1.807) is 0 Å². The molecule has 1 amide bonds. The van der Waals surface area contributed by atoms with Gasteiger partial charge in [-0.2, -0.15) is 0 Å². The Morgan fingerprint density at radius 2 is 2.43 bits per heavy atom. The highest BCUT2D eigenvalue weighted by atomic mass is 16.2. The zero-order valence-corrected chi connectivity index (χ0v) is 9.12. The van der Waals surface area contributed by atoms with Gasteiger partial charge < -0.3 is 11.1 Å². The van der Waals surface area contributed by atoms with Crippen molar-refractivity contribution in [2.45, 2.75) is 38.8 Å². The number of carbonyl (C=O) groups excluding carboxylic acids is 1. The summed E-state index contributed by atoms with van der Waals surface area (Å²) in [6, 6.07) is 0.360. The van der Waals surface area contributed by atoms with Gasteiger partial charge in [0.1, 0.15) is 0 Å². The van der Waals surface area contributed by atoms with Gasteiger partial charge >= 0.3 is 0 Å². The second-order valence-electron chi connectivity index (χ2n) is 3.84. The predicted octanol–water partition coefficient (Wildman–Crippen LogP) is -0.0659. The van der Waals surface area contributed by atoms with Gasteiger partial charge in [-0.1, -0.05) is 0 Å². The molecule has 0 aromatic rings. The summed E-state index contributed by atoms with van der Waals surface area (Å²) in [4.78, 5) is 13.8. The molecule has 14 heavy (non-hydrogen) atoms. The lowest BCUT2D eigenvalue weighted by atomic mass is 10.2. The molecule has 1 heterocycles. The minimum absolute atomic E-state index is 0.0361. The Balaban J connectivity index is 2.50. The van der Waals surface area contributed by atoms with E-state index in [1.807, 2.05) is 13.8 Å². The van der Waals surface area contributed by atoms with Crippen molar-refractivity contribution in [1.29, 1.82) is 0 Å². The van der Waals surface area contributed by atoms with Crippen molar-refractivity contribution in [3.63, 3.8) is 0 Å². The molecule has 2 unspecified atom stereocenters. The first kappa shape index (κ1) is 11.5. The van der Waals surface area contributed by atoms with Crippen LogP contribution in [-0.4, -0.2) is 42.5 Å². The Labute approximate surface area is 85.8 Å². The number of nitrogens with two attached hydrogens (primary N) is 1. The van der Waals surface area contributed by atoms with Crippen LogP contribution in [0.2, 0.25) is 0 Å². The van der Waals surface area contributed by atoms with Crippen LogP contribution in [0.15, 0.2) is 0 Å².